The number of carbonyl (C=O) groups is 1. The van der Waals surface area contributed by atoms with Gasteiger partial charge in [0.15, 0.2) is 4.21 Å². The predicted molar refractivity (Wildman–Crippen MR) is 109 cm³/mol. The molecule has 3 N–H and O–H groups in total. The molecule has 1 aromatic heterocycles. The van der Waals surface area contributed by atoms with E-state index in [4.69, 9.17) is 9.88 Å². The molecule has 0 aliphatic carbocycles. The first kappa shape index (κ1) is 22.4. The van der Waals surface area contributed by atoms with Gasteiger partial charge in [0.1, 0.15) is 5.75 Å². The summed E-state index contributed by atoms with van der Waals surface area (Å²) >= 11 is 0.621. The Hall–Kier alpha value is -2.26. The largest absolute Gasteiger partial charge is 0.496 e. The highest BCUT2D eigenvalue weighted by Crippen LogP contribution is 2.26. The fourth-order valence-electron chi connectivity index (χ4n) is 3.09. The van der Waals surface area contributed by atoms with E-state index in [2.05, 4.69) is 4.98 Å². The van der Waals surface area contributed by atoms with Gasteiger partial charge in [-0.1, -0.05) is 11.3 Å². The monoisotopic (exact) mass is 476 g/mol. The van der Waals surface area contributed by atoms with Gasteiger partial charge in [-0.15, -0.1) is 0 Å². The molecule has 0 unspecified atom stereocenters. The Labute approximate surface area is 177 Å². The van der Waals surface area contributed by atoms with Crippen LogP contribution in [-0.4, -0.2) is 70.2 Å². The molecule has 1 aliphatic heterocycles. The van der Waals surface area contributed by atoms with E-state index in [1.807, 2.05) is 0 Å². The van der Waals surface area contributed by atoms with Crippen LogP contribution in [0.5, 0.6) is 5.75 Å². The zero-order chi connectivity index (χ0) is 22.3. The third-order valence-electron chi connectivity index (χ3n) is 4.61. The number of sulfonamides is 2. The molecule has 0 saturated carbocycles. The first-order valence-corrected chi connectivity index (χ1v) is 12.5. The fraction of sp³-hybridized carbons (Fsp3) is 0.375. The summed E-state index contributed by atoms with van der Waals surface area (Å²) < 4.78 is 55.1. The van der Waals surface area contributed by atoms with Gasteiger partial charge < -0.3 is 14.6 Å². The molecule has 164 valence electrons. The fourth-order valence-corrected chi connectivity index (χ4v) is 6.48. The van der Waals surface area contributed by atoms with Gasteiger partial charge in [0.25, 0.3) is 15.9 Å². The molecule has 0 spiro atoms. The number of methoxy groups -OCH3 is 1. The maximum Gasteiger partial charge on any atom is 0.305 e. The molecule has 11 nitrogen and oxygen atoms in total. The Morgan fingerprint density at radius 1 is 1.17 bits per heavy atom. The number of primary sulfonamides is 1. The molecular weight excluding hydrogens is 456 g/mol. The molecule has 0 radical (unpaired) electrons. The lowest BCUT2D eigenvalue weighted by molar-refractivity contribution is 0.0694. The molecule has 1 aromatic carbocycles. The minimum Gasteiger partial charge on any atom is -0.496 e. The van der Waals surface area contributed by atoms with Crippen molar-refractivity contribution in [3.8, 4) is 5.75 Å². The second kappa shape index (κ2) is 8.11. The van der Waals surface area contributed by atoms with Gasteiger partial charge in [-0.25, -0.2) is 22.0 Å². The Morgan fingerprint density at radius 2 is 1.80 bits per heavy atom. The standard InChI is InChI=1S/C16H20N4O7S3/c1-10-15(28-16(22)18-10)30(25,26)20-7-5-19(6-8-20)14(21)12-9-11(29(17,23)24)3-4-13(12)27-2/h3-4,9H,5-8H2,1-2H3,(H,18,22)(H2,17,23,24). The van der Waals surface area contributed by atoms with Crippen molar-refractivity contribution < 1.29 is 26.4 Å². The van der Waals surface area contributed by atoms with Crippen molar-refractivity contribution >= 4 is 37.3 Å². The van der Waals surface area contributed by atoms with Gasteiger partial charge in [-0.2, -0.15) is 4.31 Å². The summed E-state index contributed by atoms with van der Waals surface area (Å²) in [5.41, 5.74) is 0.285. The minimum absolute atomic E-state index is 0.0139. The van der Waals surface area contributed by atoms with Crippen LogP contribution in [0.15, 0.2) is 32.1 Å². The quantitative estimate of drug-likeness (QED) is 0.591. The lowest BCUT2D eigenvalue weighted by Crippen LogP contribution is -2.50. The van der Waals surface area contributed by atoms with Crippen LogP contribution in [0.3, 0.4) is 0 Å². The zero-order valence-corrected chi connectivity index (χ0v) is 18.6. The third kappa shape index (κ3) is 4.27. The number of carbonyl (C=O) groups excluding carboxylic acids is 1. The predicted octanol–water partition coefficient (Wildman–Crippen LogP) is -0.452. The molecule has 0 atom stereocenters. The minimum atomic E-state index is -4.02. The molecule has 0 bridgehead atoms. The van der Waals surface area contributed by atoms with Crippen molar-refractivity contribution in [1.82, 2.24) is 14.2 Å². The highest BCUT2D eigenvalue weighted by molar-refractivity contribution is 7.91. The van der Waals surface area contributed by atoms with Gasteiger partial charge in [-0.3, -0.25) is 9.59 Å². The van der Waals surface area contributed by atoms with Crippen LogP contribution < -0.4 is 14.7 Å². The van der Waals surface area contributed by atoms with Crippen molar-refractivity contribution in [3.63, 3.8) is 0 Å². The number of amides is 1. The van der Waals surface area contributed by atoms with Crippen molar-refractivity contribution in [2.45, 2.75) is 16.0 Å². The first-order valence-electron chi connectivity index (χ1n) is 8.65. The summed E-state index contributed by atoms with van der Waals surface area (Å²) in [6, 6.07) is 3.71. The van der Waals surface area contributed by atoms with Crippen molar-refractivity contribution in [3.05, 3.63) is 39.1 Å². The highest BCUT2D eigenvalue weighted by atomic mass is 32.2. The Kier molecular flexibility index (Phi) is 6.06. The van der Waals surface area contributed by atoms with E-state index in [0.717, 1.165) is 6.07 Å². The van der Waals surface area contributed by atoms with E-state index in [1.54, 1.807) is 0 Å². The van der Waals surface area contributed by atoms with E-state index >= 15 is 0 Å². The molecule has 30 heavy (non-hydrogen) atoms. The first-order chi connectivity index (χ1) is 13.9. The Bertz CT molecular complexity index is 1240. The highest BCUT2D eigenvalue weighted by Gasteiger charge is 2.33. The van der Waals surface area contributed by atoms with Crippen molar-refractivity contribution in [2.75, 3.05) is 33.3 Å². The van der Waals surface area contributed by atoms with Gasteiger partial charge in [-0.05, 0) is 25.1 Å². The molecule has 1 fully saturated rings. The molecule has 2 heterocycles. The lowest BCUT2D eigenvalue weighted by Gasteiger charge is -2.34. The molecule has 2 aromatic rings. The number of nitrogens with zero attached hydrogens (tertiary/aromatic N) is 2. The smallest absolute Gasteiger partial charge is 0.305 e. The van der Waals surface area contributed by atoms with Crippen LogP contribution in [0.1, 0.15) is 16.1 Å². The topological polar surface area (TPSA) is 160 Å². The van der Waals surface area contributed by atoms with Crippen molar-refractivity contribution in [2.24, 2.45) is 5.14 Å². The number of benzene rings is 1. The summed E-state index contributed by atoms with van der Waals surface area (Å²) in [4.78, 5) is 27.6. The third-order valence-corrected chi connectivity index (χ3v) is 9.00. The maximum absolute atomic E-state index is 12.9. The number of ether oxygens (including phenoxy) is 1. The molecule has 3 rings (SSSR count). The number of hydrogen-bond donors (Lipinski definition) is 2. The van der Waals surface area contributed by atoms with Gasteiger partial charge >= 0.3 is 4.87 Å². The van der Waals surface area contributed by atoms with E-state index in [9.17, 15) is 26.4 Å². The normalized spacial score (nSPS) is 15.9. The number of rotatable bonds is 5. The van der Waals surface area contributed by atoms with E-state index < -0.39 is 30.8 Å². The molecular formula is C16H20N4O7S3. The number of H-pyrrole nitrogens is 1. The average Bonchev–Trinajstić information content (AvgIpc) is 3.05. The van der Waals surface area contributed by atoms with E-state index in [-0.39, 0.29) is 52.3 Å². The summed E-state index contributed by atoms with van der Waals surface area (Å²) in [5.74, 6) is -0.327. The summed E-state index contributed by atoms with van der Waals surface area (Å²) in [6.07, 6.45) is 0. The van der Waals surface area contributed by atoms with Crippen LogP contribution in [0.2, 0.25) is 0 Å². The second-order valence-corrected chi connectivity index (χ2v) is 11.2. The number of piperazine rings is 1. The van der Waals surface area contributed by atoms with Crippen LogP contribution in [-0.2, 0) is 20.0 Å². The average molecular weight is 477 g/mol. The summed E-state index contributed by atoms with van der Waals surface area (Å²) in [6.45, 7) is 1.72. The number of aryl methyl sites for hydroxylation is 1. The summed E-state index contributed by atoms with van der Waals surface area (Å²) in [5, 5.41) is 5.14. The summed E-state index contributed by atoms with van der Waals surface area (Å²) in [7, 11) is -6.53. The van der Waals surface area contributed by atoms with E-state index in [1.165, 1.54) is 35.4 Å². The van der Waals surface area contributed by atoms with Crippen LogP contribution in [0, 0.1) is 6.92 Å². The van der Waals surface area contributed by atoms with E-state index in [0.29, 0.717) is 11.3 Å². The van der Waals surface area contributed by atoms with Crippen LogP contribution in [0.4, 0.5) is 0 Å². The molecule has 1 saturated heterocycles. The van der Waals surface area contributed by atoms with Crippen LogP contribution >= 0.6 is 11.3 Å². The van der Waals surface area contributed by atoms with Crippen molar-refractivity contribution in [1.29, 1.82) is 0 Å². The SMILES string of the molecule is COc1ccc(S(N)(=O)=O)cc1C(=O)N1CCN(S(=O)(=O)c2sc(=O)[nH]c2C)CC1. The maximum atomic E-state index is 12.9. The van der Waals surface area contributed by atoms with Gasteiger partial charge in [0.2, 0.25) is 10.0 Å². The van der Waals surface area contributed by atoms with Gasteiger partial charge in [0.05, 0.1) is 17.6 Å². The number of hydrogen-bond acceptors (Lipinski definition) is 8. The van der Waals surface area contributed by atoms with Crippen LogP contribution in [0.25, 0.3) is 0 Å². The second-order valence-electron chi connectivity index (χ2n) is 6.53. The number of thiazole rings is 1. The molecule has 14 heteroatoms. The number of nitrogens with two attached hydrogens (primary N) is 1. The zero-order valence-electron chi connectivity index (χ0n) is 16.1. The number of aromatic amines is 1. The number of nitrogens with one attached hydrogen (secondary N) is 1. The molecule has 1 aliphatic rings. The Morgan fingerprint density at radius 3 is 2.30 bits per heavy atom. The number of aromatic nitrogens is 1. The van der Waals surface area contributed by atoms with Gasteiger partial charge in [0, 0.05) is 31.9 Å². The Balaban J connectivity index is 1.81. The molecule has 1 amide bonds. The lowest BCUT2D eigenvalue weighted by atomic mass is 10.1.